The number of fused-ring (bicyclic) bond motifs is 1. The molecule has 1 aromatic heterocycles. The summed E-state index contributed by atoms with van der Waals surface area (Å²) in [6.07, 6.45) is -0.258. The van der Waals surface area contributed by atoms with Crippen molar-refractivity contribution in [2.45, 2.75) is 44.1 Å². The molecule has 2 N–H and O–H groups in total. The molecular formula is C22H26F3N3O2S. The molecule has 0 spiro atoms. The first-order valence-electron chi connectivity index (χ1n) is 10.3. The van der Waals surface area contributed by atoms with Crippen LogP contribution in [0.4, 0.5) is 18.9 Å². The van der Waals surface area contributed by atoms with E-state index >= 15 is 0 Å². The van der Waals surface area contributed by atoms with E-state index < -0.39 is 22.3 Å². The molecule has 1 fully saturated rings. The molecule has 0 unspecified atom stereocenters. The summed E-state index contributed by atoms with van der Waals surface area (Å²) in [6.45, 7) is 5.65. The third kappa shape index (κ3) is 4.72. The number of anilines is 1. The molecule has 0 amide bonds. The van der Waals surface area contributed by atoms with Gasteiger partial charge in [-0.25, -0.2) is 25.6 Å². The first-order valence-corrected chi connectivity index (χ1v) is 11.7. The Morgan fingerprint density at radius 2 is 1.77 bits per heavy atom. The maximum absolute atomic E-state index is 13.8. The number of piperidine rings is 1. The van der Waals surface area contributed by atoms with Crippen LogP contribution in [0, 0.1) is 5.82 Å². The summed E-state index contributed by atoms with van der Waals surface area (Å²) >= 11 is 0. The van der Waals surface area contributed by atoms with Gasteiger partial charge in [-0.2, -0.15) is 0 Å². The van der Waals surface area contributed by atoms with Crippen molar-refractivity contribution in [1.29, 1.82) is 0 Å². The monoisotopic (exact) mass is 453 g/mol. The van der Waals surface area contributed by atoms with Gasteiger partial charge in [0.25, 0.3) is 16.4 Å². The highest BCUT2D eigenvalue weighted by molar-refractivity contribution is 7.90. The third-order valence-corrected chi connectivity index (χ3v) is 6.78. The van der Waals surface area contributed by atoms with Crippen LogP contribution < -0.4 is 10.6 Å². The molecule has 0 bridgehead atoms. The molecule has 2 heterocycles. The van der Waals surface area contributed by atoms with Gasteiger partial charge in [-0.3, -0.25) is 0 Å². The number of rotatable bonds is 5. The minimum atomic E-state index is -4.25. The minimum absolute atomic E-state index is 0.107. The summed E-state index contributed by atoms with van der Waals surface area (Å²) in [5.74, 6) is -0.718. The summed E-state index contributed by atoms with van der Waals surface area (Å²) in [6, 6.07) is 9.39. The van der Waals surface area contributed by atoms with E-state index in [1.165, 1.54) is 18.2 Å². The number of hydrogen-bond acceptors (Lipinski definition) is 4. The van der Waals surface area contributed by atoms with Crippen LogP contribution >= 0.6 is 0 Å². The average Bonchev–Trinajstić information content (AvgIpc) is 3.18. The molecule has 168 valence electrons. The van der Waals surface area contributed by atoms with Crippen LogP contribution in [0.15, 0.2) is 53.6 Å². The van der Waals surface area contributed by atoms with Crippen molar-refractivity contribution in [3.05, 3.63) is 60.0 Å². The van der Waals surface area contributed by atoms with E-state index in [0.717, 1.165) is 48.2 Å². The minimum Gasteiger partial charge on any atom is -0.382 e. The zero-order valence-electron chi connectivity index (χ0n) is 17.4. The number of alkyl halides is 2. The molecule has 1 aliphatic heterocycles. The quantitative estimate of drug-likeness (QED) is 0.561. The van der Waals surface area contributed by atoms with E-state index in [9.17, 15) is 21.6 Å². The number of aromatic nitrogens is 1. The summed E-state index contributed by atoms with van der Waals surface area (Å²) < 4.78 is 68.1. The van der Waals surface area contributed by atoms with Crippen LogP contribution in [0.3, 0.4) is 0 Å². The van der Waals surface area contributed by atoms with E-state index in [1.54, 1.807) is 12.1 Å². The Labute approximate surface area is 180 Å². The van der Waals surface area contributed by atoms with Gasteiger partial charge >= 0.3 is 0 Å². The molecule has 9 heteroatoms. The standard InChI is InChI=1S/C20H20F3N3O2S.C2H6/c21-13-3-1-4-15(11-13)29(27,28)26-12-16(20(22)23)19-17(5-2-6-18(19)26)25-14-7-9-24-10-8-14;1-2/h1-6,11-12,14,20,24-25H,7-10H2;1-2H3. The number of nitrogens with zero attached hydrogens (tertiary/aromatic N) is 1. The molecule has 1 aliphatic rings. The van der Waals surface area contributed by atoms with Gasteiger partial charge in [-0.1, -0.05) is 26.0 Å². The van der Waals surface area contributed by atoms with Crippen LogP contribution in [-0.4, -0.2) is 31.5 Å². The van der Waals surface area contributed by atoms with Crippen molar-refractivity contribution in [3.8, 4) is 0 Å². The molecule has 4 rings (SSSR count). The Balaban J connectivity index is 0.00000132. The molecule has 0 radical (unpaired) electrons. The summed E-state index contributed by atoms with van der Waals surface area (Å²) in [4.78, 5) is -0.299. The van der Waals surface area contributed by atoms with E-state index in [2.05, 4.69) is 10.6 Å². The van der Waals surface area contributed by atoms with Gasteiger partial charge in [0.2, 0.25) is 0 Å². The zero-order valence-corrected chi connectivity index (χ0v) is 18.2. The number of halogens is 3. The van der Waals surface area contributed by atoms with E-state index in [1.807, 2.05) is 13.8 Å². The highest BCUT2D eigenvalue weighted by Gasteiger charge is 2.27. The predicted molar refractivity (Wildman–Crippen MR) is 117 cm³/mol. The molecule has 1 saturated heterocycles. The lowest BCUT2D eigenvalue weighted by Gasteiger charge is -2.25. The molecule has 0 aliphatic carbocycles. The molecular weight excluding hydrogens is 427 g/mol. The topological polar surface area (TPSA) is 63.1 Å². The fourth-order valence-corrected chi connectivity index (χ4v) is 5.10. The fraction of sp³-hybridized carbons (Fsp3) is 0.364. The lowest BCUT2D eigenvalue weighted by Crippen LogP contribution is -2.35. The smallest absolute Gasteiger partial charge is 0.268 e. The van der Waals surface area contributed by atoms with Crippen molar-refractivity contribution < 1.29 is 21.6 Å². The van der Waals surface area contributed by atoms with Crippen LogP contribution in [-0.2, 0) is 10.0 Å². The lowest BCUT2D eigenvalue weighted by atomic mass is 10.0. The Bertz CT molecular complexity index is 1140. The highest BCUT2D eigenvalue weighted by Crippen LogP contribution is 2.37. The SMILES string of the molecule is CC.O=S(=O)(c1cccc(F)c1)n1cc(C(F)F)c2c(NC3CCNCC3)cccc21. The Kier molecular flexibility index (Phi) is 7.27. The van der Waals surface area contributed by atoms with Gasteiger partial charge in [0.05, 0.1) is 10.4 Å². The Morgan fingerprint density at radius 1 is 1.10 bits per heavy atom. The second-order valence-electron chi connectivity index (χ2n) is 7.01. The van der Waals surface area contributed by atoms with E-state index in [0.29, 0.717) is 5.69 Å². The van der Waals surface area contributed by atoms with Crippen molar-refractivity contribution in [2.75, 3.05) is 18.4 Å². The van der Waals surface area contributed by atoms with Gasteiger partial charge in [0.1, 0.15) is 5.82 Å². The number of nitrogens with one attached hydrogen (secondary N) is 2. The van der Waals surface area contributed by atoms with Gasteiger partial charge in [0, 0.05) is 28.9 Å². The van der Waals surface area contributed by atoms with Crippen LogP contribution in [0.25, 0.3) is 10.9 Å². The molecule has 2 aromatic carbocycles. The summed E-state index contributed by atoms with van der Waals surface area (Å²) in [5, 5.41) is 6.70. The van der Waals surface area contributed by atoms with E-state index in [-0.39, 0.29) is 27.4 Å². The van der Waals surface area contributed by atoms with Crippen LogP contribution in [0.5, 0.6) is 0 Å². The second-order valence-corrected chi connectivity index (χ2v) is 8.83. The first kappa shape index (κ1) is 23.1. The van der Waals surface area contributed by atoms with Crippen LogP contribution in [0.2, 0.25) is 0 Å². The van der Waals surface area contributed by atoms with Crippen molar-refractivity contribution in [2.24, 2.45) is 0 Å². The maximum Gasteiger partial charge on any atom is 0.268 e. The molecule has 0 saturated carbocycles. The van der Waals surface area contributed by atoms with Crippen LogP contribution in [0.1, 0.15) is 38.7 Å². The fourth-order valence-electron chi connectivity index (χ4n) is 3.70. The first-order chi connectivity index (χ1) is 14.9. The maximum atomic E-state index is 13.8. The summed E-state index contributed by atoms with van der Waals surface area (Å²) in [5.41, 5.74) is 0.221. The summed E-state index contributed by atoms with van der Waals surface area (Å²) in [7, 11) is -4.25. The molecule has 3 aromatic rings. The molecule has 0 atom stereocenters. The van der Waals surface area contributed by atoms with Gasteiger partial charge in [-0.05, 0) is 56.3 Å². The van der Waals surface area contributed by atoms with Gasteiger partial charge in [0.15, 0.2) is 0 Å². The highest BCUT2D eigenvalue weighted by atomic mass is 32.2. The third-order valence-electron chi connectivity index (χ3n) is 5.11. The van der Waals surface area contributed by atoms with E-state index in [4.69, 9.17) is 0 Å². The van der Waals surface area contributed by atoms with Crippen molar-refractivity contribution >= 4 is 26.6 Å². The molecule has 5 nitrogen and oxygen atoms in total. The van der Waals surface area contributed by atoms with Gasteiger partial charge < -0.3 is 10.6 Å². The predicted octanol–water partition coefficient (Wildman–Crippen LogP) is 5.15. The van der Waals surface area contributed by atoms with Crippen molar-refractivity contribution in [1.82, 2.24) is 9.29 Å². The largest absolute Gasteiger partial charge is 0.382 e. The second kappa shape index (κ2) is 9.74. The molecule has 31 heavy (non-hydrogen) atoms. The van der Waals surface area contributed by atoms with Gasteiger partial charge in [-0.15, -0.1) is 0 Å². The average molecular weight is 454 g/mol. The Hall–Kier alpha value is -2.52. The lowest BCUT2D eigenvalue weighted by molar-refractivity contribution is 0.153. The number of benzene rings is 2. The zero-order chi connectivity index (χ0) is 22.6. The normalized spacial score (nSPS) is 15.0. The van der Waals surface area contributed by atoms with Crippen molar-refractivity contribution in [3.63, 3.8) is 0 Å². The number of hydrogen-bond donors (Lipinski definition) is 2. The Morgan fingerprint density at radius 3 is 2.42 bits per heavy atom.